The first-order valence-corrected chi connectivity index (χ1v) is 7.64. The normalized spacial score (nSPS) is 33.2. The zero-order chi connectivity index (χ0) is 16.3. The van der Waals surface area contributed by atoms with Crippen molar-refractivity contribution in [1.29, 1.82) is 0 Å². The summed E-state index contributed by atoms with van der Waals surface area (Å²) in [5.74, 6) is 0.650. The SMILES string of the molecule is COC(=O)/C=C(C)\C=C\[C@@H]1C(C)(C)CC(C)C[C@@]1(C)OC. The van der Waals surface area contributed by atoms with E-state index in [2.05, 4.69) is 38.5 Å². The maximum atomic E-state index is 11.3. The number of ether oxygens (including phenoxy) is 2. The molecule has 0 radical (unpaired) electrons. The Morgan fingerprint density at radius 1 is 1.19 bits per heavy atom. The third-order valence-electron chi connectivity index (χ3n) is 4.69. The van der Waals surface area contributed by atoms with Crippen LogP contribution in [-0.2, 0) is 14.3 Å². The lowest BCUT2D eigenvalue weighted by Gasteiger charge is -2.51. The van der Waals surface area contributed by atoms with Crippen molar-refractivity contribution >= 4 is 5.97 Å². The van der Waals surface area contributed by atoms with Crippen LogP contribution in [0.3, 0.4) is 0 Å². The Kier molecular flexibility index (Phi) is 5.80. The van der Waals surface area contributed by atoms with Crippen LogP contribution in [0.4, 0.5) is 0 Å². The van der Waals surface area contributed by atoms with Crippen molar-refractivity contribution < 1.29 is 14.3 Å². The predicted octanol–water partition coefficient (Wildman–Crippen LogP) is 4.14. The van der Waals surface area contributed by atoms with Crippen molar-refractivity contribution in [2.24, 2.45) is 17.3 Å². The second kappa shape index (κ2) is 6.78. The van der Waals surface area contributed by atoms with Crippen molar-refractivity contribution in [1.82, 2.24) is 0 Å². The molecule has 3 nitrogen and oxygen atoms in total. The molecule has 0 bridgehead atoms. The molecule has 1 saturated carbocycles. The highest BCUT2D eigenvalue weighted by Gasteiger charge is 2.47. The van der Waals surface area contributed by atoms with Gasteiger partial charge in [-0.3, -0.25) is 0 Å². The van der Waals surface area contributed by atoms with Gasteiger partial charge < -0.3 is 9.47 Å². The number of hydrogen-bond acceptors (Lipinski definition) is 3. The Balaban J connectivity index is 3.01. The summed E-state index contributed by atoms with van der Waals surface area (Å²) in [6.45, 7) is 11.0. The fraction of sp³-hybridized carbons (Fsp3) is 0.722. The van der Waals surface area contributed by atoms with Gasteiger partial charge in [0.05, 0.1) is 12.7 Å². The number of rotatable bonds is 4. The summed E-state index contributed by atoms with van der Waals surface area (Å²) in [5.41, 5.74) is 0.906. The average molecular weight is 294 g/mol. The van der Waals surface area contributed by atoms with Gasteiger partial charge in [-0.15, -0.1) is 0 Å². The van der Waals surface area contributed by atoms with Crippen LogP contribution in [0, 0.1) is 17.3 Å². The van der Waals surface area contributed by atoms with E-state index in [1.807, 2.05) is 13.0 Å². The number of carbonyl (C=O) groups excluding carboxylic acids is 1. The van der Waals surface area contributed by atoms with Gasteiger partial charge in [0.25, 0.3) is 0 Å². The summed E-state index contributed by atoms with van der Waals surface area (Å²) in [6.07, 6.45) is 7.96. The maximum absolute atomic E-state index is 11.3. The van der Waals surface area contributed by atoms with Crippen molar-refractivity contribution in [3.8, 4) is 0 Å². The summed E-state index contributed by atoms with van der Waals surface area (Å²) >= 11 is 0. The molecule has 0 aromatic carbocycles. The summed E-state index contributed by atoms with van der Waals surface area (Å²) in [7, 11) is 3.19. The molecule has 21 heavy (non-hydrogen) atoms. The van der Waals surface area contributed by atoms with Crippen LogP contribution < -0.4 is 0 Å². The Morgan fingerprint density at radius 3 is 2.33 bits per heavy atom. The van der Waals surface area contributed by atoms with Crippen molar-refractivity contribution in [3.05, 3.63) is 23.8 Å². The minimum absolute atomic E-state index is 0.163. The second-order valence-corrected chi connectivity index (χ2v) is 7.27. The van der Waals surface area contributed by atoms with E-state index >= 15 is 0 Å². The van der Waals surface area contributed by atoms with Gasteiger partial charge in [0.1, 0.15) is 0 Å². The Labute approximate surface area is 129 Å². The van der Waals surface area contributed by atoms with Gasteiger partial charge in [0.2, 0.25) is 0 Å². The molecular formula is C18H30O3. The molecule has 3 atom stereocenters. The van der Waals surface area contributed by atoms with E-state index in [-0.39, 0.29) is 17.0 Å². The molecule has 1 fully saturated rings. The molecule has 1 unspecified atom stereocenters. The maximum Gasteiger partial charge on any atom is 0.330 e. The molecule has 0 spiro atoms. The summed E-state index contributed by atoms with van der Waals surface area (Å²) in [4.78, 5) is 11.3. The van der Waals surface area contributed by atoms with Crippen LogP contribution in [-0.4, -0.2) is 25.8 Å². The lowest BCUT2D eigenvalue weighted by molar-refractivity contribution is -0.134. The lowest BCUT2D eigenvalue weighted by Crippen LogP contribution is -2.49. The molecule has 1 aliphatic carbocycles. The highest BCUT2D eigenvalue weighted by atomic mass is 16.5. The standard InChI is InChI=1S/C18H30O3/c1-13(10-16(19)20-6)8-9-15-17(3,4)11-14(2)12-18(15,5)21-7/h8-10,14-15H,11-12H2,1-7H3/b9-8+,13-10-/t14?,15-,18-/m1/s1. The van der Waals surface area contributed by atoms with E-state index in [0.29, 0.717) is 11.8 Å². The van der Waals surface area contributed by atoms with Crippen LogP contribution in [0.25, 0.3) is 0 Å². The summed E-state index contributed by atoms with van der Waals surface area (Å²) in [5, 5.41) is 0. The van der Waals surface area contributed by atoms with Gasteiger partial charge in [-0.2, -0.15) is 0 Å². The molecule has 0 heterocycles. The van der Waals surface area contributed by atoms with E-state index in [1.165, 1.54) is 19.6 Å². The van der Waals surface area contributed by atoms with Crippen LogP contribution in [0.1, 0.15) is 47.5 Å². The Bertz CT molecular complexity index is 434. The number of esters is 1. The Morgan fingerprint density at radius 2 is 1.81 bits per heavy atom. The van der Waals surface area contributed by atoms with Crippen LogP contribution in [0.15, 0.2) is 23.8 Å². The molecular weight excluding hydrogens is 264 g/mol. The zero-order valence-electron chi connectivity index (χ0n) is 14.5. The number of hydrogen-bond donors (Lipinski definition) is 0. The monoisotopic (exact) mass is 294 g/mol. The molecule has 0 saturated heterocycles. The quantitative estimate of drug-likeness (QED) is 0.444. The average Bonchev–Trinajstić information content (AvgIpc) is 2.36. The number of carbonyl (C=O) groups is 1. The minimum Gasteiger partial charge on any atom is -0.466 e. The zero-order valence-corrected chi connectivity index (χ0v) is 14.5. The van der Waals surface area contributed by atoms with Gasteiger partial charge in [-0.05, 0) is 43.6 Å². The molecule has 3 heteroatoms. The molecule has 1 aliphatic rings. The summed E-state index contributed by atoms with van der Waals surface area (Å²) < 4.78 is 10.5. The van der Waals surface area contributed by atoms with Gasteiger partial charge in [-0.1, -0.05) is 32.9 Å². The molecule has 120 valence electrons. The molecule has 0 aromatic rings. The first-order chi connectivity index (χ1) is 9.64. The van der Waals surface area contributed by atoms with Crippen LogP contribution in [0.5, 0.6) is 0 Å². The van der Waals surface area contributed by atoms with E-state index in [9.17, 15) is 4.79 Å². The third kappa shape index (κ3) is 4.44. The smallest absolute Gasteiger partial charge is 0.330 e. The molecule has 0 aromatic heterocycles. The van der Waals surface area contributed by atoms with Crippen LogP contribution in [0.2, 0.25) is 0 Å². The number of methoxy groups -OCH3 is 2. The van der Waals surface area contributed by atoms with Gasteiger partial charge in [0.15, 0.2) is 0 Å². The topological polar surface area (TPSA) is 35.5 Å². The van der Waals surface area contributed by atoms with Gasteiger partial charge in [-0.25, -0.2) is 4.79 Å². The molecule has 1 rings (SSSR count). The largest absolute Gasteiger partial charge is 0.466 e. The lowest BCUT2D eigenvalue weighted by atomic mass is 9.59. The van der Waals surface area contributed by atoms with E-state index < -0.39 is 0 Å². The van der Waals surface area contributed by atoms with Crippen molar-refractivity contribution in [2.75, 3.05) is 14.2 Å². The summed E-state index contributed by atoms with van der Waals surface area (Å²) in [6, 6.07) is 0. The first kappa shape index (κ1) is 18.0. The highest BCUT2D eigenvalue weighted by molar-refractivity contribution is 5.83. The number of allylic oxidation sites excluding steroid dienone is 2. The second-order valence-electron chi connectivity index (χ2n) is 7.27. The van der Waals surface area contributed by atoms with Gasteiger partial charge >= 0.3 is 5.97 Å². The highest BCUT2D eigenvalue weighted by Crippen LogP contribution is 2.50. The fourth-order valence-corrected chi connectivity index (χ4v) is 3.96. The van der Waals surface area contributed by atoms with E-state index in [1.54, 1.807) is 7.11 Å². The molecule has 0 amide bonds. The molecule has 0 aliphatic heterocycles. The first-order valence-electron chi connectivity index (χ1n) is 7.64. The van der Waals surface area contributed by atoms with Gasteiger partial charge in [0, 0.05) is 19.1 Å². The van der Waals surface area contributed by atoms with Crippen LogP contribution >= 0.6 is 0 Å². The predicted molar refractivity (Wildman–Crippen MR) is 86.0 cm³/mol. The van der Waals surface area contributed by atoms with E-state index in [4.69, 9.17) is 4.74 Å². The Hall–Kier alpha value is -1.09. The third-order valence-corrected chi connectivity index (χ3v) is 4.69. The van der Waals surface area contributed by atoms with Crippen molar-refractivity contribution in [2.45, 2.75) is 53.1 Å². The fourth-order valence-electron chi connectivity index (χ4n) is 3.96. The minimum atomic E-state index is -0.317. The van der Waals surface area contributed by atoms with E-state index in [0.717, 1.165) is 12.0 Å². The van der Waals surface area contributed by atoms with Crippen molar-refractivity contribution in [3.63, 3.8) is 0 Å². The molecule has 0 N–H and O–H groups in total.